The molecule has 6 nitrogen and oxygen atoms in total. The highest BCUT2D eigenvalue weighted by Gasteiger charge is 2.21. The summed E-state index contributed by atoms with van der Waals surface area (Å²) >= 11 is 7.67. The number of benzene rings is 1. The number of nitrogens with zero attached hydrogens (tertiary/aromatic N) is 3. The highest BCUT2D eigenvalue weighted by atomic mass is 35.5. The molecule has 0 aliphatic heterocycles. The number of hydrogen-bond acceptors (Lipinski definition) is 5. The van der Waals surface area contributed by atoms with Crippen molar-refractivity contribution >= 4 is 29.3 Å². The molecule has 158 valence electrons. The van der Waals surface area contributed by atoms with Crippen LogP contribution in [-0.2, 0) is 11.3 Å². The van der Waals surface area contributed by atoms with Gasteiger partial charge in [-0.1, -0.05) is 48.7 Å². The fraction of sp³-hybridized carbons (Fsp3) is 0.571. The van der Waals surface area contributed by atoms with Crippen LogP contribution in [0.4, 0.5) is 0 Å². The second kappa shape index (κ2) is 10.3. The largest absolute Gasteiger partial charge is 0.481 e. The van der Waals surface area contributed by atoms with E-state index in [9.17, 15) is 4.79 Å². The quantitative estimate of drug-likeness (QED) is 0.593. The first-order chi connectivity index (χ1) is 14.0. The third-order valence-corrected chi connectivity index (χ3v) is 6.40. The zero-order valence-electron chi connectivity index (χ0n) is 17.3. The van der Waals surface area contributed by atoms with Gasteiger partial charge in [0.2, 0.25) is 5.91 Å². The van der Waals surface area contributed by atoms with Crippen LogP contribution in [0.3, 0.4) is 0 Å². The minimum absolute atomic E-state index is 0.0601. The van der Waals surface area contributed by atoms with E-state index >= 15 is 0 Å². The molecule has 1 aliphatic carbocycles. The van der Waals surface area contributed by atoms with E-state index < -0.39 is 0 Å². The van der Waals surface area contributed by atoms with Crippen LogP contribution >= 0.6 is 23.4 Å². The number of rotatable bonds is 8. The van der Waals surface area contributed by atoms with Crippen LogP contribution in [-0.4, -0.2) is 32.5 Å². The average Bonchev–Trinajstić information content (AvgIpc) is 3.13. The third-order valence-electron chi connectivity index (χ3n) is 5.12. The van der Waals surface area contributed by atoms with E-state index in [0.717, 1.165) is 29.4 Å². The smallest absolute Gasteiger partial charge is 0.230 e. The Morgan fingerprint density at radius 2 is 2.10 bits per heavy atom. The molecule has 29 heavy (non-hydrogen) atoms. The fourth-order valence-corrected chi connectivity index (χ4v) is 4.58. The summed E-state index contributed by atoms with van der Waals surface area (Å²) < 4.78 is 8.04. The first-order valence-corrected chi connectivity index (χ1v) is 11.6. The van der Waals surface area contributed by atoms with E-state index in [-0.39, 0.29) is 12.0 Å². The molecule has 1 saturated carbocycles. The monoisotopic (exact) mass is 436 g/mol. The fourth-order valence-electron chi connectivity index (χ4n) is 3.60. The maximum absolute atomic E-state index is 12.3. The van der Waals surface area contributed by atoms with E-state index in [0.29, 0.717) is 29.1 Å². The van der Waals surface area contributed by atoms with E-state index in [1.807, 2.05) is 43.5 Å². The summed E-state index contributed by atoms with van der Waals surface area (Å²) in [5, 5.41) is 13.1. The van der Waals surface area contributed by atoms with Crippen molar-refractivity contribution in [2.75, 3.05) is 5.75 Å². The van der Waals surface area contributed by atoms with Crippen LogP contribution in [0.2, 0.25) is 5.02 Å². The number of amides is 1. The molecule has 0 spiro atoms. The number of ether oxygens (including phenoxy) is 1. The lowest BCUT2D eigenvalue weighted by atomic mass is 9.95. The van der Waals surface area contributed by atoms with Gasteiger partial charge in [0.25, 0.3) is 0 Å². The predicted molar refractivity (Wildman–Crippen MR) is 117 cm³/mol. The highest BCUT2D eigenvalue weighted by Crippen LogP contribution is 2.30. The van der Waals surface area contributed by atoms with Gasteiger partial charge in [0.15, 0.2) is 17.1 Å². The van der Waals surface area contributed by atoms with Crippen molar-refractivity contribution in [1.29, 1.82) is 0 Å². The standard InChI is InChI=1S/C21H29ClN4O2S/c1-4-26-20(15(3)28-18-12-14(2)10-11-17(18)22)24-25-21(26)29-13-19(27)23-16-8-6-5-7-9-16/h10-12,15-16H,4-9,13H2,1-3H3,(H,23,27). The lowest BCUT2D eigenvalue weighted by Gasteiger charge is -2.22. The van der Waals surface area contributed by atoms with Gasteiger partial charge in [-0.2, -0.15) is 0 Å². The molecule has 1 fully saturated rings. The number of nitrogens with one attached hydrogen (secondary N) is 1. The van der Waals surface area contributed by atoms with Gasteiger partial charge < -0.3 is 14.6 Å². The van der Waals surface area contributed by atoms with Crippen molar-refractivity contribution in [1.82, 2.24) is 20.1 Å². The molecule has 3 rings (SSSR count). The van der Waals surface area contributed by atoms with Gasteiger partial charge in [-0.05, 0) is 51.3 Å². The van der Waals surface area contributed by atoms with Crippen molar-refractivity contribution in [3.8, 4) is 5.75 Å². The number of carbonyl (C=O) groups excluding carboxylic acids is 1. The number of aryl methyl sites for hydroxylation is 1. The normalized spacial score (nSPS) is 15.9. The van der Waals surface area contributed by atoms with Gasteiger partial charge in [0.05, 0.1) is 10.8 Å². The lowest BCUT2D eigenvalue weighted by molar-refractivity contribution is -0.119. The Balaban J connectivity index is 1.61. The van der Waals surface area contributed by atoms with Crippen LogP contribution in [0.5, 0.6) is 5.75 Å². The van der Waals surface area contributed by atoms with Crippen molar-refractivity contribution in [2.24, 2.45) is 0 Å². The number of halogens is 1. The molecule has 1 atom stereocenters. The number of thioether (sulfide) groups is 1. The zero-order valence-corrected chi connectivity index (χ0v) is 18.9. The van der Waals surface area contributed by atoms with Crippen LogP contribution in [0, 0.1) is 6.92 Å². The molecule has 8 heteroatoms. The Labute approximate surface area is 181 Å². The number of hydrogen-bond donors (Lipinski definition) is 1. The zero-order chi connectivity index (χ0) is 20.8. The molecule has 1 unspecified atom stereocenters. The van der Waals surface area contributed by atoms with Crippen LogP contribution in [0.15, 0.2) is 23.4 Å². The van der Waals surface area contributed by atoms with E-state index in [1.165, 1.54) is 31.0 Å². The second-order valence-electron chi connectivity index (χ2n) is 7.47. The molecule has 1 heterocycles. The summed E-state index contributed by atoms with van der Waals surface area (Å²) in [6, 6.07) is 6.01. The summed E-state index contributed by atoms with van der Waals surface area (Å²) in [4.78, 5) is 12.3. The van der Waals surface area contributed by atoms with E-state index in [4.69, 9.17) is 16.3 Å². The molecule has 1 aromatic heterocycles. The molecular formula is C21H29ClN4O2S. The summed E-state index contributed by atoms with van der Waals surface area (Å²) in [5.41, 5.74) is 1.08. The van der Waals surface area contributed by atoms with Crippen LogP contribution in [0.1, 0.15) is 63.4 Å². The minimum atomic E-state index is -0.313. The third kappa shape index (κ3) is 5.89. The maximum Gasteiger partial charge on any atom is 0.230 e. The van der Waals surface area contributed by atoms with Gasteiger partial charge >= 0.3 is 0 Å². The molecule has 1 aromatic carbocycles. The highest BCUT2D eigenvalue weighted by molar-refractivity contribution is 7.99. The molecule has 1 amide bonds. The second-order valence-corrected chi connectivity index (χ2v) is 8.82. The van der Waals surface area contributed by atoms with Crippen molar-refractivity contribution < 1.29 is 9.53 Å². The Bertz CT molecular complexity index is 836. The summed E-state index contributed by atoms with van der Waals surface area (Å²) in [6.07, 6.45) is 5.54. The Morgan fingerprint density at radius 3 is 2.83 bits per heavy atom. The lowest BCUT2D eigenvalue weighted by Crippen LogP contribution is -2.37. The van der Waals surface area contributed by atoms with Gasteiger partial charge in [-0.3, -0.25) is 4.79 Å². The van der Waals surface area contributed by atoms with Gasteiger partial charge in [0.1, 0.15) is 5.75 Å². The summed E-state index contributed by atoms with van der Waals surface area (Å²) in [5.74, 6) is 1.75. The van der Waals surface area contributed by atoms with Crippen LogP contribution in [0.25, 0.3) is 0 Å². The first kappa shape index (κ1) is 22.0. The van der Waals surface area contributed by atoms with E-state index in [2.05, 4.69) is 15.5 Å². The maximum atomic E-state index is 12.3. The summed E-state index contributed by atoms with van der Waals surface area (Å²) in [7, 11) is 0. The molecule has 2 aromatic rings. The van der Waals surface area contributed by atoms with Gasteiger partial charge in [-0.15, -0.1) is 10.2 Å². The number of aromatic nitrogens is 3. The number of carbonyl (C=O) groups is 1. The topological polar surface area (TPSA) is 69.0 Å². The SMILES string of the molecule is CCn1c(SCC(=O)NC2CCCCC2)nnc1C(C)Oc1cc(C)ccc1Cl. The predicted octanol–water partition coefficient (Wildman–Crippen LogP) is 4.94. The average molecular weight is 437 g/mol. The van der Waals surface area contributed by atoms with Gasteiger partial charge in [-0.25, -0.2) is 0 Å². The summed E-state index contributed by atoms with van der Waals surface area (Å²) in [6.45, 7) is 6.66. The van der Waals surface area contributed by atoms with Gasteiger partial charge in [0, 0.05) is 12.6 Å². The molecule has 1 aliphatic rings. The van der Waals surface area contributed by atoms with Crippen molar-refractivity contribution in [3.63, 3.8) is 0 Å². The molecule has 1 N–H and O–H groups in total. The Kier molecular flexibility index (Phi) is 7.84. The van der Waals surface area contributed by atoms with E-state index in [1.54, 1.807) is 0 Å². The molecular weight excluding hydrogens is 408 g/mol. The Hall–Kier alpha value is -1.73. The molecule has 0 radical (unpaired) electrons. The first-order valence-electron chi connectivity index (χ1n) is 10.3. The Morgan fingerprint density at radius 1 is 1.34 bits per heavy atom. The van der Waals surface area contributed by atoms with Crippen molar-refractivity contribution in [3.05, 3.63) is 34.6 Å². The molecule has 0 saturated heterocycles. The van der Waals surface area contributed by atoms with Crippen LogP contribution < -0.4 is 10.1 Å². The van der Waals surface area contributed by atoms with Crippen molar-refractivity contribution in [2.45, 2.75) is 76.7 Å². The minimum Gasteiger partial charge on any atom is -0.481 e. The molecule has 0 bridgehead atoms.